The summed E-state index contributed by atoms with van der Waals surface area (Å²) in [7, 11) is 0. The van der Waals surface area contributed by atoms with Crippen LogP contribution in [0.2, 0.25) is 0 Å². The third-order valence-corrected chi connectivity index (χ3v) is 3.46. The minimum atomic E-state index is -1.66. The lowest BCUT2D eigenvalue weighted by Crippen LogP contribution is -2.24. The number of nitrogens with zero attached hydrogens (tertiary/aromatic N) is 1. The summed E-state index contributed by atoms with van der Waals surface area (Å²) >= 11 is 0. The van der Waals surface area contributed by atoms with Gasteiger partial charge in [-0.25, -0.2) is 13.2 Å². The molecule has 3 nitrogen and oxygen atoms in total. The van der Waals surface area contributed by atoms with Crippen LogP contribution in [0.3, 0.4) is 0 Å². The first-order chi connectivity index (χ1) is 11.1. The van der Waals surface area contributed by atoms with Crippen LogP contribution in [0.15, 0.2) is 48.7 Å². The molecular weight excluding hydrogens is 305 g/mol. The first-order valence-electron chi connectivity index (χ1n) is 6.82. The van der Waals surface area contributed by atoms with E-state index in [2.05, 4.69) is 10.3 Å². The average Bonchev–Trinajstić information content (AvgIpc) is 2.57. The molecule has 0 aliphatic rings. The molecule has 0 saturated heterocycles. The summed E-state index contributed by atoms with van der Waals surface area (Å²) < 4.78 is 39.7. The van der Waals surface area contributed by atoms with Crippen molar-refractivity contribution in [1.29, 1.82) is 0 Å². The predicted octanol–water partition coefficient (Wildman–Crippen LogP) is 3.58. The minimum absolute atomic E-state index is 0.111. The Morgan fingerprint density at radius 2 is 1.78 bits per heavy atom. The Bertz CT molecular complexity index is 891. The Morgan fingerprint density at radius 3 is 2.61 bits per heavy atom. The number of aromatic nitrogens is 1. The number of nitrogens with one attached hydrogen (secondary N) is 1. The number of amides is 1. The Kier molecular flexibility index (Phi) is 3.97. The number of hydrogen-bond acceptors (Lipinski definition) is 2. The molecule has 1 heterocycles. The molecule has 23 heavy (non-hydrogen) atoms. The maximum Gasteiger partial charge on any atom is 0.254 e. The Balaban J connectivity index is 1.83. The molecule has 0 radical (unpaired) electrons. The zero-order valence-electron chi connectivity index (χ0n) is 11.8. The molecule has 2 aromatic carbocycles. The van der Waals surface area contributed by atoms with Crippen LogP contribution in [0.4, 0.5) is 13.2 Å². The number of carbonyl (C=O) groups is 1. The fraction of sp³-hybridized carbons (Fsp3) is 0.0588. The topological polar surface area (TPSA) is 42.0 Å². The molecule has 0 aliphatic carbocycles. The standard InChI is InChI=1S/C17H11F3N2O/c18-13-6-5-12(15(19)16(13)20)17(23)22-9-10-7-8-21-14-4-2-1-3-11(10)14/h1-8H,9H2,(H,22,23). The quantitative estimate of drug-likeness (QED) is 0.751. The van der Waals surface area contributed by atoms with Crippen molar-refractivity contribution in [2.24, 2.45) is 0 Å². The number of fused-ring (bicyclic) bond motifs is 1. The first-order valence-corrected chi connectivity index (χ1v) is 6.82. The van der Waals surface area contributed by atoms with E-state index in [0.29, 0.717) is 0 Å². The number of hydrogen-bond donors (Lipinski definition) is 1. The number of halogens is 3. The number of rotatable bonds is 3. The fourth-order valence-corrected chi connectivity index (χ4v) is 2.28. The second-order valence-electron chi connectivity index (χ2n) is 4.89. The van der Waals surface area contributed by atoms with Crippen molar-refractivity contribution in [2.45, 2.75) is 6.54 Å². The SMILES string of the molecule is O=C(NCc1ccnc2ccccc12)c1ccc(F)c(F)c1F. The maximum atomic E-state index is 13.6. The van der Waals surface area contributed by atoms with Gasteiger partial charge < -0.3 is 5.32 Å². The van der Waals surface area contributed by atoms with Crippen molar-refractivity contribution in [3.8, 4) is 0 Å². The Morgan fingerprint density at radius 1 is 1.00 bits per heavy atom. The number of benzene rings is 2. The summed E-state index contributed by atoms with van der Waals surface area (Å²) in [4.78, 5) is 16.2. The van der Waals surface area contributed by atoms with Gasteiger partial charge in [-0.3, -0.25) is 9.78 Å². The van der Waals surface area contributed by atoms with Crippen LogP contribution >= 0.6 is 0 Å². The second-order valence-corrected chi connectivity index (χ2v) is 4.89. The lowest BCUT2D eigenvalue weighted by Gasteiger charge is -2.09. The summed E-state index contributed by atoms with van der Waals surface area (Å²) in [5, 5.41) is 3.35. The van der Waals surface area contributed by atoms with E-state index in [-0.39, 0.29) is 6.54 Å². The van der Waals surface area contributed by atoms with Gasteiger partial charge in [-0.1, -0.05) is 18.2 Å². The van der Waals surface area contributed by atoms with E-state index in [1.165, 1.54) is 0 Å². The largest absolute Gasteiger partial charge is 0.348 e. The molecule has 0 fully saturated rings. The van der Waals surface area contributed by atoms with E-state index in [0.717, 1.165) is 28.6 Å². The van der Waals surface area contributed by atoms with Crippen LogP contribution in [-0.2, 0) is 6.54 Å². The lowest BCUT2D eigenvalue weighted by atomic mass is 10.1. The third kappa shape index (κ3) is 2.88. The van der Waals surface area contributed by atoms with E-state index in [1.807, 2.05) is 24.3 Å². The highest BCUT2D eigenvalue weighted by molar-refractivity contribution is 5.94. The summed E-state index contributed by atoms with van der Waals surface area (Å²) in [5.41, 5.74) is 1.01. The van der Waals surface area contributed by atoms with Crippen LogP contribution in [0.5, 0.6) is 0 Å². The van der Waals surface area contributed by atoms with Crippen LogP contribution in [0.25, 0.3) is 10.9 Å². The zero-order chi connectivity index (χ0) is 16.4. The molecule has 1 aromatic heterocycles. The highest BCUT2D eigenvalue weighted by Crippen LogP contribution is 2.17. The Hall–Kier alpha value is -2.89. The number of carbonyl (C=O) groups excluding carboxylic acids is 1. The van der Waals surface area contributed by atoms with Crippen molar-refractivity contribution < 1.29 is 18.0 Å². The van der Waals surface area contributed by atoms with Crippen LogP contribution in [-0.4, -0.2) is 10.9 Å². The van der Waals surface area contributed by atoms with Gasteiger partial charge in [0.2, 0.25) is 0 Å². The molecule has 0 bridgehead atoms. The monoisotopic (exact) mass is 316 g/mol. The molecule has 1 N–H and O–H groups in total. The fourth-order valence-electron chi connectivity index (χ4n) is 2.28. The van der Waals surface area contributed by atoms with E-state index in [1.54, 1.807) is 12.3 Å². The van der Waals surface area contributed by atoms with Crippen LogP contribution < -0.4 is 5.32 Å². The van der Waals surface area contributed by atoms with Gasteiger partial charge in [0.1, 0.15) is 0 Å². The average molecular weight is 316 g/mol. The van der Waals surface area contributed by atoms with Gasteiger partial charge in [0.25, 0.3) is 5.91 Å². The molecule has 1 amide bonds. The van der Waals surface area contributed by atoms with E-state index in [9.17, 15) is 18.0 Å². The molecule has 3 aromatic rings. The van der Waals surface area contributed by atoms with Crippen molar-refractivity contribution in [3.05, 3.63) is 77.2 Å². The lowest BCUT2D eigenvalue weighted by molar-refractivity contribution is 0.0945. The second kappa shape index (κ2) is 6.08. The van der Waals surface area contributed by atoms with Gasteiger partial charge in [0, 0.05) is 18.1 Å². The minimum Gasteiger partial charge on any atom is -0.348 e. The highest BCUT2D eigenvalue weighted by Gasteiger charge is 2.18. The van der Waals surface area contributed by atoms with Crippen LogP contribution in [0.1, 0.15) is 15.9 Å². The van der Waals surface area contributed by atoms with Crippen LogP contribution in [0, 0.1) is 17.5 Å². The summed E-state index contributed by atoms with van der Waals surface area (Å²) in [5.74, 6) is -5.31. The number of pyridine rings is 1. The molecule has 0 saturated carbocycles. The zero-order valence-corrected chi connectivity index (χ0v) is 11.8. The molecule has 0 aliphatic heterocycles. The smallest absolute Gasteiger partial charge is 0.254 e. The highest BCUT2D eigenvalue weighted by atomic mass is 19.2. The van der Waals surface area contributed by atoms with Gasteiger partial charge in [-0.2, -0.15) is 0 Å². The van der Waals surface area contributed by atoms with E-state index < -0.39 is 28.9 Å². The van der Waals surface area contributed by atoms with E-state index >= 15 is 0 Å². The molecule has 116 valence electrons. The normalized spacial score (nSPS) is 10.7. The predicted molar refractivity (Wildman–Crippen MR) is 79.2 cm³/mol. The van der Waals surface area contributed by atoms with Gasteiger partial charge in [0.15, 0.2) is 17.5 Å². The molecule has 0 spiro atoms. The molecule has 0 atom stereocenters. The van der Waals surface area contributed by atoms with Gasteiger partial charge in [-0.15, -0.1) is 0 Å². The Labute approximate surface area is 129 Å². The first kappa shape index (κ1) is 15.0. The summed E-state index contributed by atoms with van der Waals surface area (Å²) in [6.45, 7) is 0.111. The van der Waals surface area contributed by atoms with Gasteiger partial charge in [-0.05, 0) is 29.8 Å². The number of para-hydroxylation sites is 1. The van der Waals surface area contributed by atoms with Crippen molar-refractivity contribution in [1.82, 2.24) is 10.3 Å². The van der Waals surface area contributed by atoms with E-state index in [4.69, 9.17) is 0 Å². The molecule has 0 unspecified atom stereocenters. The molecular formula is C17H11F3N2O. The summed E-state index contributed by atoms with van der Waals surface area (Å²) in [6, 6.07) is 10.7. The maximum absolute atomic E-state index is 13.6. The van der Waals surface area contributed by atoms with Crippen molar-refractivity contribution >= 4 is 16.8 Å². The van der Waals surface area contributed by atoms with Crippen molar-refractivity contribution in [3.63, 3.8) is 0 Å². The third-order valence-electron chi connectivity index (χ3n) is 3.46. The van der Waals surface area contributed by atoms with Crippen molar-refractivity contribution in [2.75, 3.05) is 0 Å². The molecule has 6 heteroatoms. The molecule has 3 rings (SSSR count). The summed E-state index contributed by atoms with van der Waals surface area (Å²) in [6.07, 6.45) is 1.60. The van der Waals surface area contributed by atoms with Gasteiger partial charge in [0.05, 0.1) is 11.1 Å². The van der Waals surface area contributed by atoms with Gasteiger partial charge >= 0.3 is 0 Å².